The van der Waals surface area contributed by atoms with Crippen LogP contribution in [-0.2, 0) is 4.79 Å². The van der Waals surface area contributed by atoms with Crippen LogP contribution in [0.4, 0.5) is 0 Å². The normalized spacial score (nSPS) is 12.8. The molecule has 0 aromatic carbocycles. The molecule has 0 aliphatic heterocycles. The van der Waals surface area contributed by atoms with Gasteiger partial charge in [0.1, 0.15) is 0 Å². The Morgan fingerprint density at radius 2 is 1.41 bits per heavy atom. The second-order valence-corrected chi connectivity index (χ2v) is 8.34. The van der Waals surface area contributed by atoms with E-state index in [-0.39, 0.29) is 19.2 Å². The Morgan fingerprint density at radius 3 is 1.93 bits per heavy atom. The lowest BCUT2D eigenvalue weighted by molar-refractivity contribution is -0.138. The second kappa shape index (κ2) is 21.8. The zero-order valence-electron chi connectivity index (χ0n) is 19.0. The summed E-state index contributed by atoms with van der Waals surface area (Å²) < 4.78 is 0. The van der Waals surface area contributed by atoms with Crippen LogP contribution in [-0.4, -0.2) is 53.4 Å². The molecule has 0 saturated heterocycles. The first kappa shape index (κ1) is 28.1. The molecule has 0 fully saturated rings. The van der Waals surface area contributed by atoms with Gasteiger partial charge in [-0.3, -0.25) is 9.69 Å². The fraction of sp³-hybridized carbons (Fsp3) is 0.875. The van der Waals surface area contributed by atoms with Crippen molar-refractivity contribution in [2.75, 3.05) is 26.2 Å². The van der Waals surface area contributed by atoms with E-state index < -0.39 is 5.97 Å². The van der Waals surface area contributed by atoms with Gasteiger partial charge < -0.3 is 15.9 Å². The first-order valence-electron chi connectivity index (χ1n) is 12.1. The Balaban J connectivity index is 3.43. The van der Waals surface area contributed by atoms with Gasteiger partial charge in [0.05, 0.1) is 13.2 Å². The monoisotopic (exact) mass is 412 g/mol. The van der Waals surface area contributed by atoms with E-state index in [2.05, 4.69) is 19.1 Å². The van der Waals surface area contributed by atoms with Crippen molar-refractivity contribution in [2.45, 2.75) is 109 Å². The Bertz CT molecular complexity index is 388. The van der Waals surface area contributed by atoms with Crippen molar-refractivity contribution in [3.8, 4) is 0 Å². The Hall–Kier alpha value is -0.910. The van der Waals surface area contributed by atoms with Gasteiger partial charge in [0.2, 0.25) is 0 Å². The topological polar surface area (TPSA) is 86.8 Å². The van der Waals surface area contributed by atoms with E-state index in [1.54, 1.807) is 4.90 Å². The lowest BCUT2D eigenvalue weighted by Crippen LogP contribution is -2.41. The van der Waals surface area contributed by atoms with Crippen molar-refractivity contribution < 1.29 is 15.0 Å². The van der Waals surface area contributed by atoms with E-state index in [9.17, 15) is 4.79 Å². The number of hydrogen-bond acceptors (Lipinski definition) is 4. The molecule has 0 heterocycles. The van der Waals surface area contributed by atoms with Crippen LogP contribution in [0, 0.1) is 0 Å². The number of aliphatic carboxylic acids is 1. The number of unbranched alkanes of at least 4 members (excludes halogenated alkanes) is 12. The standard InChI is InChI=1S/C24H48N2O3/c1-2-3-4-5-6-7-8-9-10-11-12-13-14-15-16-17-18-23(25)21-26(19-20-27)22-24(28)29/h9-10,23,27H,2-8,11-22,25H2,1H3,(H,28,29)/b10-9-. The molecular formula is C24H48N2O3. The van der Waals surface area contributed by atoms with E-state index in [0.29, 0.717) is 13.1 Å². The number of nitrogens with zero attached hydrogens (tertiary/aromatic N) is 1. The SMILES string of the molecule is CCCCCCCC/C=C\CCCCCCCCC(N)CN(CCO)CC(=O)O. The second-order valence-electron chi connectivity index (χ2n) is 8.34. The molecule has 0 aliphatic rings. The van der Waals surface area contributed by atoms with Crippen LogP contribution < -0.4 is 5.73 Å². The van der Waals surface area contributed by atoms with E-state index in [0.717, 1.165) is 12.8 Å². The van der Waals surface area contributed by atoms with Gasteiger partial charge in [-0.25, -0.2) is 0 Å². The Labute approximate surface area is 179 Å². The summed E-state index contributed by atoms with van der Waals surface area (Å²) in [5, 5.41) is 17.9. The number of allylic oxidation sites excluding steroid dienone is 2. The summed E-state index contributed by atoms with van der Waals surface area (Å²) in [6.07, 6.45) is 23.8. The maximum absolute atomic E-state index is 10.8. The van der Waals surface area contributed by atoms with Crippen LogP contribution >= 0.6 is 0 Å². The maximum atomic E-state index is 10.8. The molecule has 5 nitrogen and oxygen atoms in total. The minimum absolute atomic E-state index is 0.0160. The highest BCUT2D eigenvalue weighted by atomic mass is 16.4. The smallest absolute Gasteiger partial charge is 0.317 e. The Morgan fingerprint density at radius 1 is 0.897 bits per heavy atom. The van der Waals surface area contributed by atoms with E-state index in [4.69, 9.17) is 15.9 Å². The third-order valence-electron chi connectivity index (χ3n) is 5.35. The molecule has 172 valence electrons. The van der Waals surface area contributed by atoms with Crippen LogP contribution in [0.2, 0.25) is 0 Å². The number of hydrogen-bond donors (Lipinski definition) is 3. The van der Waals surface area contributed by atoms with Gasteiger partial charge in [-0.1, -0.05) is 83.3 Å². The van der Waals surface area contributed by atoms with Gasteiger partial charge in [0.15, 0.2) is 0 Å². The van der Waals surface area contributed by atoms with Crippen molar-refractivity contribution in [2.24, 2.45) is 5.73 Å². The summed E-state index contributed by atoms with van der Waals surface area (Å²) in [7, 11) is 0. The minimum atomic E-state index is -0.872. The molecule has 0 aliphatic carbocycles. The van der Waals surface area contributed by atoms with Crippen molar-refractivity contribution in [1.29, 1.82) is 0 Å². The van der Waals surface area contributed by atoms with Gasteiger partial charge in [0.25, 0.3) is 0 Å². The highest BCUT2D eigenvalue weighted by Crippen LogP contribution is 2.11. The molecular weight excluding hydrogens is 364 g/mol. The molecule has 0 aromatic heterocycles. The van der Waals surface area contributed by atoms with Crippen molar-refractivity contribution in [3.63, 3.8) is 0 Å². The first-order chi connectivity index (χ1) is 14.1. The molecule has 0 radical (unpaired) electrons. The average Bonchev–Trinajstić information content (AvgIpc) is 2.67. The number of carboxylic acids is 1. The number of carboxylic acid groups (broad SMARTS) is 1. The number of carbonyl (C=O) groups is 1. The zero-order chi connectivity index (χ0) is 21.6. The fourth-order valence-corrected chi connectivity index (χ4v) is 3.64. The number of aliphatic hydroxyl groups excluding tert-OH is 1. The predicted molar refractivity (Wildman–Crippen MR) is 123 cm³/mol. The third-order valence-corrected chi connectivity index (χ3v) is 5.35. The Kier molecular flexibility index (Phi) is 21.1. The van der Waals surface area contributed by atoms with Crippen molar-refractivity contribution >= 4 is 5.97 Å². The average molecular weight is 413 g/mol. The summed E-state index contributed by atoms with van der Waals surface area (Å²) in [5.41, 5.74) is 6.12. The largest absolute Gasteiger partial charge is 0.480 e. The van der Waals surface area contributed by atoms with E-state index in [1.165, 1.54) is 83.5 Å². The van der Waals surface area contributed by atoms with Crippen LogP contribution in [0.5, 0.6) is 0 Å². The molecule has 0 bridgehead atoms. The lowest BCUT2D eigenvalue weighted by Gasteiger charge is -2.23. The number of aliphatic hydroxyl groups is 1. The van der Waals surface area contributed by atoms with Gasteiger partial charge in [-0.05, 0) is 32.1 Å². The first-order valence-corrected chi connectivity index (χ1v) is 12.1. The zero-order valence-corrected chi connectivity index (χ0v) is 19.0. The minimum Gasteiger partial charge on any atom is -0.480 e. The van der Waals surface area contributed by atoms with E-state index in [1.807, 2.05) is 0 Å². The molecule has 5 heteroatoms. The summed E-state index contributed by atoms with van der Waals surface area (Å²) in [6, 6.07) is -0.0160. The molecule has 0 amide bonds. The molecule has 0 aromatic rings. The maximum Gasteiger partial charge on any atom is 0.317 e. The van der Waals surface area contributed by atoms with E-state index >= 15 is 0 Å². The van der Waals surface area contributed by atoms with Crippen molar-refractivity contribution in [3.05, 3.63) is 12.2 Å². The lowest BCUT2D eigenvalue weighted by atomic mass is 10.0. The molecule has 0 saturated carbocycles. The van der Waals surface area contributed by atoms with Crippen LogP contribution in [0.1, 0.15) is 103 Å². The van der Waals surface area contributed by atoms with Gasteiger partial charge >= 0.3 is 5.97 Å². The predicted octanol–water partition coefficient (Wildman–Crippen LogP) is 5.12. The quantitative estimate of drug-likeness (QED) is 0.170. The highest BCUT2D eigenvalue weighted by Gasteiger charge is 2.13. The molecule has 1 atom stereocenters. The van der Waals surface area contributed by atoms with Crippen LogP contribution in [0.15, 0.2) is 12.2 Å². The van der Waals surface area contributed by atoms with Gasteiger partial charge in [0, 0.05) is 19.1 Å². The molecule has 0 rings (SSSR count). The summed E-state index contributed by atoms with van der Waals surface area (Å²) in [5.74, 6) is -0.872. The number of nitrogens with two attached hydrogens (primary N) is 1. The highest BCUT2D eigenvalue weighted by molar-refractivity contribution is 5.69. The molecule has 4 N–H and O–H groups in total. The molecule has 1 unspecified atom stereocenters. The van der Waals surface area contributed by atoms with Crippen LogP contribution in [0.3, 0.4) is 0 Å². The summed E-state index contributed by atoms with van der Waals surface area (Å²) in [4.78, 5) is 12.5. The molecule has 29 heavy (non-hydrogen) atoms. The van der Waals surface area contributed by atoms with Gasteiger partial charge in [-0.2, -0.15) is 0 Å². The summed E-state index contributed by atoms with van der Waals surface area (Å²) in [6.45, 7) is 3.08. The third kappa shape index (κ3) is 21.6. The number of rotatable bonds is 22. The molecule has 0 spiro atoms. The van der Waals surface area contributed by atoms with Crippen molar-refractivity contribution in [1.82, 2.24) is 4.90 Å². The van der Waals surface area contributed by atoms with Gasteiger partial charge in [-0.15, -0.1) is 0 Å². The fourth-order valence-electron chi connectivity index (χ4n) is 3.64. The summed E-state index contributed by atoms with van der Waals surface area (Å²) >= 11 is 0. The van der Waals surface area contributed by atoms with Crippen LogP contribution in [0.25, 0.3) is 0 Å².